The number of ether oxygens (including phenoxy) is 1. The zero-order valence-electron chi connectivity index (χ0n) is 9.42. The summed E-state index contributed by atoms with van der Waals surface area (Å²) in [5, 5.41) is 3.34. The zero-order valence-corrected chi connectivity index (χ0v) is 9.42. The van der Waals surface area contributed by atoms with Gasteiger partial charge in [-0.1, -0.05) is 12.1 Å². The summed E-state index contributed by atoms with van der Waals surface area (Å²) in [6.45, 7) is 3.51. The summed E-state index contributed by atoms with van der Waals surface area (Å²) in [4.78, 5) is 0. The van der Waals surface area contributed by atoms with Crippen LogP contribution < -0.4 is 5.32 Å². The molecule has 1 aromatic carbocycles. The summed E-state index contributed by atoms with van der Waals surface area (Å²) >= 11 is 0. The van der Waals surface area contributed by atoms with Gasteiger partial charge < -0.3 is 10.1 Å². The molecule has 0 bridgehead atoms. The standard InChI is InChI=1S/C13H16FNO/c1-8-2-3-10-9(12(8)14)5-7-16-13(10)11-4-6-15-11/h2-3,11,13,15H,4-7H2,1H3. The van der Waals surface area contributed by atoms with E-state index in [1.807, 2.05) is 19.1 Å². The van der Waals surface area contributed by atoms with Crippen LogP contribution in [0.2, 0.25) is 0 Å². The molecule has 1 N–H and O–H groups in total. The Kier molecular flexibility index (Phi) is 2.45. The fraction of sp³-hybridized carbons (Fsp3) is 0.538. The van der Waals surface area contributed by atoms with Crippen molar-refractivity contribution in [2.45, 2.75) is 31.9 Å². The first-order valence-corrected chi connectivity index (χ1v) is 5.90. The van der Waals surface area contributed by atoms with Crippen molar-refractivity contribution >= 4 is 0 Å². The van der Waals surface area contributed by atoms with E-state index >= 15 is 0 Å². The summed E-state index contributed by atoms with van der Waals surface area (Å²) in [5.74, 6) is -0.0369. The fourth-order valence-corrected chi connectivity index (χ4v) is 2.55. The molecule has 0 aromatic heterocycles. The molecule has 16 heavy (non-hydrogen) atoms. The maximum absolute atomic E-state index is 14.0. The normalized spacial score (nSPS) is 28.4. The number of aryl methyl sites for hydroxylation is 1. The van der Waals surface area contributed by atoms with Gasteiger partial charge in [0, 0.05) is 6.04 Å². The van der Waals surface area contributed by atoms with Crippen LogP contribution in [0.4, 0.5) is 4.39 Å². The number of hydrogen-bond acceptors (Lipinski definition) is 2. The predicted octanol–water partition coefficient (Wildman–Crippen LogP) is 2.11. The molecule has 0 radical (unpaired) electrons. The van der Waals surface area contributed by atoms with E-state index in [1.165, 1.54) is 0 Å². The van der Waals surface area contributed by atoms with Crippen molar-refractivity contribution in [3.8, 4) is 0 Å². The molecule has 0 spiro atoms. The van der Waals surface area contributed by atoms with Crippen molar-refractivity contribution in [2.24, 2.45) is 0 Å². The lowest BCUT2D eigenvalue weighted by atomic mass is 9.88. The average molecular weight is 221 g/mol. The van der Waals surface area contributed by atoms with Crippen LogP contribution in [-0.4, -0.2) is 19.2 Å². The average Bonchev–Trinajstić information content (AvgIpc) is 2.22. The van der Waals surface area contributed by atoms with Gasteiger partial charge in [-0.05, 0) is 43.0 Å². The van der Waals surface area contributed by atoms with Crippen LogP contribution in [0.15, 0.2) is 12.1 Å². The molecule has 1 aromatic rings. The minimum atomic E-state index is -0.0369. The highest BCUT2D eigenvalue weighted by atomic mass is 19.1. The molecule has 2 heterocycles. The van der Waals surface area contributed by atoms with Gasteiger partial charge in [0.25, 0.3) is 0 Å². The molecular formula is C13H16FNO. The molecule has 3 heteroatoms. The van der Waals surface area contributed by atoms with E-state index in [4.69, 9.17) is 4.74 Å². The maximum atomic E-state index is 14.0. The van der Waals surface area contributed by atoms with Crippen LogP contribution in [0.25, 0.3) is 0 Å². The van der Waals surface area contributed by atoms with Gasteiger partial charge in [-0.3, -0.25) is 0 Å². The van der Waals surface area contributed by atoms with Crippen molar-refractivity contribution < 1.29 is 9.13 Å². The molecule has 0 saturated carbocycles. The summed E-state index contributed by atoms with van der Waals surface area (Å²) in [7, 11) is 0. The van der Waals surface area contributed by atoms with E-state index in [0.29, 0.717) is 19.1 Å². The Morgan fingerprint density at radius 2 is 2.25 bits per heavy atom. The Hall–Kier alpha value is -0.930. The molecule has 2 unspecified atom stereocenters. The Morgan fingerprint density at radius 3 is 2.94 bits per heavy atom. The first-order chi connectivity index (χ1) is 7.77. The highest BCUT2D eigenvalue weighted by molar-refractivity contribution is 5.37. The van der Waals surface area contributed by atoms with E-state index in [-0.39, 0.29) is 11.9 Å². The van der Waals surface area contributed by atoms with Crippen LogP contribution >= 0.6 is 0 Å². The molecule has 2 nitrogen and oxygen atoms in total. The molecule has 1 saturated heterocycles. The van der Waals surface area contributed by atoms with Gasteiger partial charge >= 0.3 is 0 Å². The topological polar surface area (TPSA) is 21.3 Å². The number of hydrogen-bond donors (Lipinski definition) is 1. The van der Waals surface area contributed by atoms with E-state index in [1.54, 1.807) is 0 Å². The monoisotopic (exact) mass is 221 g/mol. The van der Waals surface area contributed by atoms with Crippen molar-refractivity contribution in [1.82, 2.24) is 5.32 Å². The zero-order chi connectivity index (χ0) is 11.1. The summed E-state index contributed by atoms with van der Waals surface area (Å²) in [5.41, 5.74) is 2.65. The van der Waals surface area contributed by atoms with Crippen LogP contribution in [0, 0.1) is 12.7 Å². The quantitative estimate of drug-likeness (QED) is 0.784. The Balaban J connectivity index is 2.01. The molecule has 0 aliphatic carbocycles. The summed E-state index contributed by atoms with van der Waals surface area (Å²) in [6, 6.07) is 4.26. The van der Waals surface area contributed by atoms with E-state index < -0.39 is 0 Å². The lowest BCUT2D eigenvalue weighted by Gasteiger charge is -2.38. The molecule has 1 fully saturated rings. The Labute approximate surface area is 94.8 Å². The number of rotatable bonds is 1. The SMILES string of the molecule is Cc1ccc2c(c1F)CCOC2C1CCN1. The van der Waals surface area contributed by atoms with E-state index in [9.17, 15) is 4.39 Å². The largest absolute Gasteiger partial charge is 0.372 e. The molecule has 2 aliphatic rings. The third kappa shape index (κ3) is 1.46. The predicted molar refractivity (Wildman–Crippen MR) is 59.9 cm³/mol. The second kappa shape index (κ2) is 3.82. The van der Waals surface area contributed by atoms with Gasteiger partial charge in [-0.25, -0.2) is 4.39 Å². The van der Waals surface area contributed by atoms with Crippen molar-refractivity contribution in [2.75, 3.05) is 13.2 Å². The third-order valence-electron chi connectivity index (χ3n) is 3.66. The Morgan fingerprint density at radius 1 is 1.44 bits per heavy atom. The Bertz CT molecular complexity index is 415. The van der Waals surface area contributed by atoms with Gasteiger partial charge in [0.1, 0.15) is 5.82 Å². The van der Waals surface area contributed by atoms with Crippen LogP contribution in [0.5, 0.6) is 0 Å². The molecule has 3 rings (SSSR count). The number of benzene rings is 1. The van der Waals surface area contributed by atoms with Gasteiger partial charge in [0.15, 0.2) is 0 Å². The minimum Gasteiger partial charge on any atom is -0.372 e. The van der Waals surface area contributed by atoms with E-state index in [2.05, 4.69) is 5.32 Å². The smallest absolute Gasteiger partial charge is 0.129 e. The van der Waals surface area contributed by atoms with Crippen LogP contribution in [-0.2, 0) is 11.2 Å². The van der Waals surface area contributed by atoms with Gasteiger partial charge in [0.2, 0.25) is 0 Å². The molecule has 86 valence electrons. The third-order valence-corrected chi connectivity index (χ3v) is 3.66. The molecule has 0 amide bonds. The summed E-state index contributed by atoms with van der Waals surface area (Å²) < 4.78 is 19.7. The maximum Gasteiger partial charge on any atom is 0.129 e. The number of fused-ring (bicyclic) bond motifs is 1. The molecule has 2 atom stereocenters. The molecular weight excluding hydrogens is 205 g/mol. The van der Waals surface area contributed by atoms with Crippen LogP contribution in [0.1, 0.15) is 29.2 Å². The molecule has 2 aliphatic heterocycles. The van der Waals surface area contributed by atoms with E-state index in [0.717, 1.165) is 29.7 Å². The second-order valence-corrected chi connectivity index (χ2v) is 4.65. The van der Waals surface area contributed by atoms with Crippen LogP contribution in [0.3, 0.4) is 0 Å². The fourth-order valence-electron chi connectivity index (χ4n) is 2.55. The van der Waals surface area contributed by atoms with Crippen molar-refractivity contribution in [3.63, 3.8) is 0 Å². The lowest BCUT2D eigenvalue weighted by Crippen LogP contribution is -2.48. The lowest BCUT2D eigenvalue weighted by molar-refractivity contribution is -0.00234. The first kappa shape index (κ1) is 10.2. The second-order valence-electron chi connectivity index (χ2n) is 4.65. The highest BCUT2D eigenvalue weighted by Gasteiger charge is 2.33. The van der Waals surface area contributed by atoms with Gasteiger partial charge in [-0.15, -0.1) is 0 Å². The van der Waals surface area contributed by atoms with Crippen molar-refractivity contribution in [3.05, 3.63) is 34.6 Å². The summed E-state index contributed by atoms with van der Waals surface area (Å²) in [6.07, 6.45) is 1.87. The number of nitrogens with one attached hydrogen (secondary N) is 1. The van der Waals surface area contributed by atoms with Crippen molar-refractivity contribution in [1.29, 1.82) is 0 Å². The first-order valence-electron chi connectivity index (χ1n) is 5.90. The highest BCUT2D eigenvalue weighted by Crippen LogP contribution is 2.34. The van der Waals surface area contributed by atoms with Gasteiger partial charge in [-0.2, -0.15) is 0 Å². The van der Waals surface area contributed by atoms with Gasteiger partial charge in [0.05, 0.1) is 12.7 Å². The minimum absolute atomic E-state index is 0.0369. The number of halogens is 1.